The molecular formula is C18H19N5O2. The number of hydrogen-bond donors (Lipinski definition) is 0. The molecule has 0 unspecified atom stereocenters. The van der Waals surface area contributed by atoms with Gasteiger partial charge in [0.25, 0.3) is 5.91 Å². The van der Waals surface area contributed by atoms with Crippen molar-refractivity contribution in [3.05, 3.63) is 54.2 Å². The first-order valence-corrected chi connectivity index (χ1v) is 8.37. The molecule has 0 aliphatic carbocycles. The second kappa shape index (κ2) is 6.16. The molecule has 25 heavy (non-hydrogen) atoms. The number of carbonyl (C=O) groups is 2. The summed E-state index contributed by atoms with van der Waals surface area (Å²) in [6.45, 7) is 0.684. The maximum absolute atomic E-state index is 12.9. The Bertz CT molecular complexity index is 942. The van der Waals surface area contributed by atoms with Crippen molar-refractivity contribution >= 4 is 17.3 Å². The minimum Gasteiger partial charge on any atom is -0.335 e. The number of rotatable bonds is 4. The standard InChI is InChI=1S/C18H19N5O2/c1-21-12-14(11-20-21)16(24)10-15-3-2-6-23(15)18(25)13-4-7-22-8-5-19-17(22)9-13/h4-5,7-9,11-12,15H,2-3,6,10H2,1H3/t15-/m1/s1. The zero-order valence-electron chi connectivity index (χ0n) is 14.0. The zero-order valence-corrected chi connectivity index (χ0v) is 14.0. The van der Waals surface area contributed by atoms with Gasteiger partial charge in [-0.25, -0.2) is 4.98 Å². The van der Waals surface area contributed by atoms with Crippen molar-refractivity contribution < 1.29 is 9.59 Å². The Kier molecular flexibility index (Phi) is 3.83. The lowest BCUT2D eigenvalue weighted by Crippen LogP contribution is -2.36. The highest BCUT2D eigenvalue weighted by Crippen LogP contribution is 2.24. The number of hydrogen-bond acceptors (Lipinski definition) is 4. The first-order chi connectivity index (χ1) is 12.1. The van der Waals surface area contributed by atoms with Crippen LogP contribution in [-0.2, 0) is 7.05 Å². The number of aryl methyl sites for hydroxylation is 1. The van der Waals surface area contributed by atoms with Crippen LogP contribution in [0, 0.1) is 0 Å². The average Bonchev–Trinajstić information content (AvgIpc) is 3.33. The molecule has 1 aliphatic heterocycles. The topological polar surface area (TPSA) is 72.5 Å². The third kappa shape index (κ3) is 2.93. The molecule has 0 saturated carbocycles. The number of fused-ring (bicyclic) bond motifs is 1. The maximum Gasteiger partial charge on any atom is 0.254 e. The summed E-state index contributed by atoms with van der Waals surface area (Å²) in [5.74, 6) is -0.00602. The number of nitrogens with zero attached hydrogens (tertiary/aromatic N) is 5. The maximum atomic E-state index is 12.9. The molecule has 128 valence electrons. The van der Waals surface area contributed by atoms with Crippen molar-refractivity contribution in [3.8, 4) is 0 Å². The summed E-state index contributed by atoms with van der Waals surface area (Å²) in [4.78, 5) is 31.4. The molecule has 0 spiro atoms. The van der Waals surface area contributed by atoms with Gasteiger partial charge in [0.1, 0.15) is 5.65 Å². The number of imidazole rings is 1. The summed E-state index contributed by atoms with van der Waals surface area (Å²) >= 11 is 0. The number of Topliss-reactive ketones (excluding diaryl/α,β-unsaturated/α-hetero) is 1. The van der Waals surface area contributed by atoms with Crippen molar-refractivity contribution in [1.29, 1.82) is 0 Å². The monoisotopic (exact) mass is 337 g/mol. The summed E-state index contributed by atoms with van der Waals surface area (Å²) in [5.41, 5.74) is 1.95. The fourth-order valence-electron chi connectivity index (χ4n) is 3.42. The van der Waals surface area contributed by atoms with E-state index in [9.17, 15) is 9.59 Å². The van der Waals surface area contributed by atoms with E-state index in [4.69, 9.17) is 0 Å². The van der Waals surface area contributed by atoms with Crippen molar-refractivity contribution in [1.82, 2.24) is 24.1 Å². The number of likely N-dealkylation sites (tertiary alicyclic amines) is 1. The van der Waals surface area contributed by atoms with Gasteiger partial charge in [0.15, 0.2) is 5.78 Å². The van der Waals surface area contributed by atoms with E-state index in [0.717, 1.165) is 18.5 Å². The molecule has 0 bridgehead atoms. The molecule has 7 heteroatoms. The van der Waals surface area contributed by atoms with Gasteiger partial charge in [-0.1, -0.05) is 0 Å². The molecule has 1 amide bonds. The normalized spacial score (nSPS) is 17.3. The smallest absolute Gasteiger partial charge is 0.254 e. The number of aromatic nitrogens is 4. The number of pyridine rings is 1. The third-order valence-electron chi connectivity index (χ3n) is 4.73. The molecule has 1 saturated heterocycles. The Balaban J connectivity index is 1.52. The van der Waals surface area contributed by atoms with Gasteiger partial charge in [-0.15, -0.1) is 0 Å². The first-order valence-electron chi connectivity index (χ1n) is 8.37. The van der Waals surface area contributed by atoms with Gasteiger partial charge >= 0.3 is 0 Å². The predicted octanol–water partition coefficient (Wildman–Crippen LogP) is 1.95. The van der Waals surface area contributed by atoms with Crippen LogP contribution in [0.25, 0.3) is 5.65 Å². The Morgan fingerprint density at radius 2 is 2.16 bits per heavy atom. The molecule has 4 heterocycles. The van der Waals surface area contributed by atoms with Gasteiger partial charge in [-0.2, -0.15) is 5.10 Å². The summed E-state index contributed by atoms with van der Waals surface area (Å²) in [6, 6.07) is 3.53. The Morgan fingerprint density at radius 3 is 2.96 bits per heavy atom. The van der Waals surface area contributed by atoms with Crippen LogP contribution in [0.2, 0.25) is 0 Å². The van der Waals surface area contributed by atoms with Crippen molar-refractivity contribution in [2.24, 2.45) is 7.05 Å². The molecule has 1 aliphatic rings. The fourth-order valence-corrected chi connectivity index (χ4v) is 3.42. The van der Waals surface area contributed by atoms with Crippen LogP contribution in [0.15, 0.2) is 43.1 Å². The Morgan fingerprint density at radius 1 is 1.28 bits per heavy atom. The van der Waals surface area contributed by atoms with E-state index >= 15 is 0 Å². The molecule has 0 aromatic carbocycles. The summed E-state index contributed by atoms with van der Waals surface area (Å²) < 4.78 is 3.48. The molecule has 4 rings (SSSR count). The van der Waals surface area contributed by atoms with E-state index < -0.39 is 0 Å². The minimum atomic E-state index is -0.0591. The van der Waals surface area contributed by atoms with Gasteiger partial charge in [0, 0.05) is 56.4 Å². The third-order valence-corrected chi connectivity index (χ3v) is 4.73. The predicted molar refractivity (Wildman–Crippen MR) is 91.4 cm³/mol. The van der Waals surface area contributed by atoms with Crippen LogP contribution in [0.3, 0.4) is 0 Å². The van der Waals surface area contributed by atoms with E-state index in [1.165, 1.54) is 0 Å². The van der Waals surface area contributed by atoms with Crippen molar-refractivity contribution in [2.75, 3.05) is 6.54 Å². The van der Waals surface area contributed by atoms with Crippen LogP contribution in [0.4, 0.5) is 0 Å². The van der Waals surface area contributed by atoms with E-state index in [1.54, 1.807) is 42.5 Å². The van der Waals surface area contributed by atoms with Crippen LogP contribution in [0.5, 0.6) is 0 Å². The summed E-state index contributed by atoms with van der Waals surface area (Å²) in [5, 5.41) is 4.04. The lowest BCUT2D eigenvalue weighted by Gasteiger charge is -2.24. The van der Waals surface area contributed by atoms with E-state index in [1.807, 2.05) is 21.7 Å². The van der Waals surface area contributed by atoms with E-state index in [2.05, 4.69) is 10.1 Å². The summed E-state index contributed by atoms with van der Waals surface area (Å²) in [7, 11) is 1.79. The number of carbonyl (C=O) groups excluding carboxylic acids is 2. The van der Waals surface area contributed by atoms with Gasteiger partial charge in [-0.05, 0) is 25.0 Å². The molecule has 1 atom stereocenters. The molecule has 0 N–H and O–H groups in total. The van der Waals surface area contributed by atoms with Crippen LogP contribution >= 0.6 is 0 Å². The molecular weight excluding hydrogens is 318 g/mol. The van der Waals surface area contributed by atoms with Crippen molar-refractivity contribution in [2.45, 2.75) is 25.3 Å². The highest BCUT2D eigenvalue weighted by atomic mass is 16.2. The van der Waals surface area contributed by atoms with E-state index in [-0.39, 0.29) is 17.7 Å². The second-order valence-electron chi connectivity index (χ2n) is 6.43. The average molecular weight is 337 g/mol. The van der Waals surface area contributed by atoms with Crippen LogP contribution in [-0.4, -0.2) is 48.3 Å². The lowest BCUT2D eigenvalue weighted by atomic mass is 10.0. The van der Waals surface area contributed by atoms with Crippen LogP contribution < -0.4 is 0 Å². The quantitative estimate of drug-likeness (QED) is 0.682. The second-order valence-corrected chi connectivity index (χ2v) is 6.43. The Labute approximate surface area is 144 Å². The van der Waals surface area contributed by atoms with Crippen molar-refractivity contribution in [3.63, 3.8) is 0 Å². The van der Waals surface area contributed by atoms with Gasteiger partial charge < -0.3 is 9.30 Å². The Hall–Kier alpha value is -2.96. The minimum absolute atomic E-state index is 0.0292. The molecule has 1 fully saturated rings. The van der Waals surface area contributed by atoms with Gasteiger partial charge in [-0.3, -0.25) is 14.3 Å². The number of amides is 1. The van der Waals surface area contributed by atoms with Gasteiger partial charge in [0.05, 0.1) is 11.8 Å². The number of ketones is 1. The molecule has 3 aromatic heterocycles. The molecule has 7 nitrogen and oxygen atoms in total. The van der Waals surface area contributed by atoms with Gasteiger partial charge in [0.2, 0.25) is 0 Å². The highest BCUT2D eigenvalue weighted by Gasteiger charge is 2.31. The summed E-state index contributed by atoms with van der Waals surface area (Å²) in [6.07, 6.45) is 10.8. The van der Waals surface area contributed by atoms with E-state index in [0.29, 0.717) is 24.1 Å². The van der Waals surface area contributed by atoms with Crippen LogP contribution in [0.1, 0.15) is 40.0 Å². The SMILES string of the molecule is Cn1cc(C(=O)C[C@H]2CCCN2C(=O)c2ccn3ccnc3c2)cn1. The largest absolute Gasteiger partial charge is 0.335 e. The fraction of sp³-hybridized carbons (Fsp3) is 0.333. The zero-order chi connectivity index (χ0) is 17.4. The first kappa shape index (κ1) is 15.6. The molecule has 3 aromatic rings. The lowest BCUT2D eigenvalue weighted by molar-refractivity contribution is 0.0717. The highest BCUT2D eigenvalue weighted by molar-refractivity contribution is 5.98. The molecule has 0 radical (unpaired) electrons.